The molecule has 0 aliphatic carbocycles. The zero-order valence-electron chi connectivity index (χ0n) is 16.5. The molecule has 0 spiro atoms. The minimum atomic E-state index is -0.370. The third-order valence-corrected chi connectivity index (χ3v) is 4.84. The molecule has 2 aromatic heterocycles. The molecule has 2 amide bonds. The molecule has 0 saturated carbocycles. The van der Waals surface area contributed by atoms with E-state index < -0.39 is 0 Å². The lowest BCUT2D eigenvalue weighted by molar-refractivity contribution is 0.0994. The van der Waals surface area contributed by atoms with Crippen LogP contribution in [0.3, 0.4) is 0 Å². The molecule has 31 heavy (non-hydrogen) atoms. The van der Waals surface area contributed by atoms with Gasteiger partial charge in [0.05, 0.1) is 29.6 Å². The number of anilines is 2. The number of nitrogens with one attached hydrogen (secondary N) is 2. The molecule has 0 atom stereocenters. The highest BCUT2D eigenvalue weighted by molar-refractivity contribution is 6.33. The van der Waals surface area contributed by atoms with Gasteiger partial charge in [0.2, 0.25) is 0 Å². The molecule has 0 radical (unpaired) electrons. The molecule has 0 bridgehead atoms. The molecule has 8 heteroatoms. The number of carbonyl (C=O) groups excluding carboxylic acids is 2. The number of hydrogen-bond donors (Lipinski definition) is 2. The predicted molar refractivity (Wildman–Crippen MR) is 118 cm³/mol. The lowest BCUT2D eigenvalue weighted by Crippen LogP contribution is -2.14. The van der Waals surface area contributed by atoms with Gasteiger partial charge in [-0.2, -0.15) is 0 Å². The van der Waals surface area contributed by atoms with Gasteiger partial charge in [0.25, 0.3) is 11.8 Å². The number of nitrogens with zero attached hydrogens (tertiary/aromatic N) is 1. The van der Waals surface area contributed by atoms with E-state index in [0.29, 0.717) is 33.4 Å². The molecule has 0 saturated heterocycles. The van der Waals surface area contributed by atoms with E-state index in [4.69, 9.17) is 20.8 Å². The van der Waals surface area contributed by atoms with Gasteiger partial charge in [-0.25, -0.2) is 0 Å². The van der Waals surface area contributed by atoms with Crippen molar-refractivity contribution in [3.63, 3.8) is 0 Å². The first-order chi connectivity index (χ1) is 15.0. The molecular formula is C23H18ClN3O4. The number of rotatable bonds is 6. The van der Waals surface area contributed by atoms with Crippen molar-refractivity contribution in [3.05, 3.63) is 95.7 Å². The van der Waals surface area contributed by atoms with Crippen LogP contribution in [0.25, 0.3) is 5.69 Å². The van der Waals surface area contributed by atoms with Crippen LogP contribution in [0.1, 0.15) is 20.9 Å². The largest absolute Gasteiger partial charge is 0.496 e. The van der Waals surface area contributed by atoms with Crippen LogP contribution in [0.4, 0.5) is 11.4 Å². The number of hydrogen-bond acceptors (Lipinski definition) is 4. The summed E-state index contributed by atoms with van der Waals surface area (Å²) in [5, 5.41) is 5.94. The smallest absolute Gasteiger partial charge is 0.291 e. The van der Waals surface area contributed by atoms with Crippen molar-refractivity contribution < 1.29 is 18.7 Å². The Labute approximate surface area is 183 Å². The van der Waals surface area contributed by atoms with Crippen LogP contribution in [0.15, 0.2) is 83.7 Å². The normalized spacial score (nSPS) is 10.5. The third kappa shape index (κ3) is 4.46. The summed E-state index contributed by atoms with van der Waals surface area (Å²) in [7, 11) is 1.50. The van der Waals surface area contributed by atoms with E-state index >= 15 is 0 Å². The van der Waals surface area contributed by atoms with Crippen molar-refractivity contribution in [2.75, 3.05) is 17.7 Å². The Morgan fingerprint density at radius 3 is 2.16 bits per heavy atom. The zero-order valence-corrected chi connectivity index (χ0v) is 17.2. The molecule has 4 rings (SSSR count). The van der Waals surface area contributed by atoms with E-state index in [9.17, 15) is 9.59 Å². The van der Waals surface area contributed by atoms with Crippen molar-refractivity contribution in [1.29, 1.82) is 0 Å². The topological polar surface area (TPSA) is 85.5 Å². The number of aromatic nitrogens is 1. The summed E-state index contributed by atoms with van der Waals surface area (Å²) < 4.78 is 12.3. The molecule has 156 valence electrons. The Bertz CT molecular complexity index is 1200. The van der Waals surface area contributed by atoms with Crippen LogP contribution in [-0.2, 0) is 0 Å². The van der Waals surface area contributed by atoms with E-state index in [0.717, 1.165) is 0 Å². The van der Waals surface area contributed by atoms with Gasteiger partial charge < -0.3 is 24.4 Å². The molecule has 0 unspecified atom stereocenters. The van der Waals surface area contributed by atoms with Gasteiger partial charge in [-0.3, -0.25) is 9.59 Å². The summed E-state index contributed by atoms with van der Waals surface area (Å²) in [6, 6.07) is 17.0. The maximum absolute atomic E-state index is 12.8. The summed E-state index contributed by atoms with van der Waals surface area (Å²) in [5.41, 5.74) is 2.13. The Balaban J connectivity index is 1.49. The molecule has 2 heterocycles. The maximum Gasteiger partial charge on any atom is 0.291 e. The monoisotopic (exact) mass is 435 g/mol. The predicted octanol–water partition coefficient (Wildman–Crippen LogP) is 5.24. The molecule has 4 aromatic rings. The second kappa shape index (κ2) is 8.81. The van der Waals surface area contributed by atoms with Crippen molar-refractivity contribution in [1.82, 2.24) is 4.57 Å². The van der Waals surface area contributed by atoms with Crippen molar-refractivity contribution in [2.45, 2.75) is 0 Å². The van der Waals surface area contributed by atoms with Crippen molar-refractivity contribution in [3.8, 4) is 11.4 Å². The Hall–Kier alpha value is -3.97. The Kier molecular flexibility index (Phi) is 5.77. The summed E-state index contributed by atoms with van der Waals surface area (Å²) in [5.74, 6) is -0.119. The van der Waals surface area contributed by atoms with E-state index in [1.54, 1.807) is 48.5 Å². The number of carbonyl (C=O) groups is 2. The average molecular weight is 436 g/mol. The van der Waals surface area contributed by atoms with E-state index in [1.165, 1.54) is 13.4 Å². The number of benzene rings is 2. The van der Waals surface area contributed by atoms with Gasteiger partial charge >= 0.3 is 0 Å². The van der Waals surface area contributed by atoms with Crippen LogP contribution in [-0.4, -0.2) is 23.5 Å². The molecule has 2 aromatic carbocycles. The zero-order chi connectivity index (χ0) is 21.8. The van der Waals surface area contributed by atoms with Crippen LogP contribution in [0.2, 0.25) is 5.02 Å². The van der Waals surface area contributed by atoms with E-state index in [1.807, 2.05) is 29.1 Å². The first kappa shape index (κ1) is 20.3. The second-order valence-electron chi connectivity index (χ2n) is 6.56. The maximum atomic E-state index is 12.8. The highest BCUT2D eigenvalue weighted by Gasteiger charge is 2.17. The quantitative estimate of drug-likeness (QED) is 0.434. The summed E-state index contributed by atoms with van der Waals surface area (Å²) in [4.78, 5) is 24.9. The number of ether oxygens (including phenoxy) is 1. The standard InChI is InChI=1S/C23H18ClN3O4/c1-30-21-14-19(27-10-2-3-11-27)18(24)13-17(21)22(28)25-15-6-8-16(9-7-15)26-23(29)20-5-4-12-31-20/h2-14H,1H3,(H,25,28)(H,26,29). The fraction of sp³-hybridized carbons (Fsp3) is 0.0435. The molecule has 7 nitrogen and oxygen atoms in total. The number of halogens is 1. The first-order valence-corrected chi connectivity index (χ1v) is 9.70. The molecule has 0 fully saturated rings. The van der Waals surface area contributed by atoms with Crippen molar-refractivity contribution >= 4 is 34.8 Å². The summed E-state index contributed by atoms with van der Waals surface area (Å²) in [6.45, 7) is 0. The lowest BCUT2D eigenvalue weighted by atomic mass is 10.1. The minimum Gasteiger partial charge on any atom is -0.496 e. The van der Waals surface area contributed by atoms with Gasteiger partial charge in [0, 0.05) is 29.8 Å². The lowest BCUT2D eigenvalue weighted by Gasteiger charge is -2.14. The SMILES string of the molecule is COc1cc(-n2cccc2)c(Cl)cc1C(=O)Nc1ccc(NC(=O)c2ccco2)cc1. The highest BCUT2D eigenvalue weighted by atomic mass is 35.5. The summed E-state index contributed by atoms with van der Waals surface area (Å²) in [6.07, 6.45) is 5.14. The van der Waals surface area contributed by atoms with Gasteiger partial charge in [-0.05, 0) is 54.6 Å². The van der Waals surface area contributed by atoms with Gasteiger partial charge in [-0.1, -0.05) is 11.6 Å². The number of methoxy groups -OCH3 is 1. The second-order valence-corrected chi connectivity index (χ2v) is 6.96. The van der Waals surface area contributed by atoms with Gasteiger partial charge in [-0.15, -0.1) is 0 Å². The Morgan fingerprint density at radius 2 is 1.58 bits per heavy atom. The molecule has 2 N–H and O–H groups in total. The number of amides is 2. The average Bonchev–Trinajstić information content (AvgIpc) is 3.49. The molecule has 0 aliphatic rings. The third-order valence-electron chi connectivity index (χ3n) is 4.54. The highest BCUT2D eigenvalue weighted by Crippen LogP contribution is 2.30. The fourth-order valence-corrected chi connectivity index (χ4v) is 3.28. The summed E-state index contributed by atoms with van der Waals surface area (Å²) >= 11 is 6.40. The Morgan fingerprint density at radius 1 is 0.935 bits per heavy atom. The molecular weight excluding hydrogens is 418 g/mol. The first-order valence-electron chi connectivity index (χ1n) is 9.32. The number of furan rings is 1. The minimum absolute atomic E-state index is 0.213. The van der Waals surface area contributed by atoms with E-state index in [-0.39, 0.29) is 17.6 Å². The molecule has 0 aliphatic heterocycles. The fourth-order valence-electron chi connectivity index (χ4n) is 3.02. The van der Waals surface area contributed by atoms with Crippen molar-refractivity contribution in [2.24, 2.45) is 0 Å². The van der Waals surface area contributed by atoms with Crippen LogP contribution in [0, 0.1) is 0 Å². The van der Waals surface area contributed by atoms with Crippen LogP contribution in [0.5, 0.6) is 5.75 Å². The van der Waals surface area contributed by atoms with Gasteiger partial charge in [0.15, 0.2) is 5.76 Å². The van der Waals surface area contributed by atoms with E-state index in [2.05, 4.69) is 10.6 Å². The van der Waals surface area contributed by atoms with Gasteiger partial charge in [0.1, 0.15) is 5.75 Å². The van der Waals surface area contributed by atoms with Crippen LogP contribution < -0.4 is 15.4 Å². The van der Waals surface area contributed by atoms with Crippen LogP contribution >= 0.6 is 11.6 Å².